The lowest BCUT2D eigenvalue weighted by Gasteiger charge is -2.36. The molecule has 3 rings (SSSR count). The first-order chi connectivity index (χ1) is 13.4. The van der Waals surface area contributed by atoms with Crippen LogP contribution in [-0.4, -0.2) is 56.1 Å². The fourth-order valence-corrected chi connectivity index (χ4v) is 3.17. The Hall–Kier alpha value is -3.36. The van der Waals surface area contributed by atoms with Gasteiger partial charge in [0.25, 0.3) is 5.91 Å². The average molecular weight is 389 g/mol. The Labute approximate surface area is 161 Å². The van der Waals surface area contributed by atoms with Gasteiger partial charge in [-0.15, -0.1) is 0 Å². The van der Waals surface area contributed by atoms with Crippen molar-refractivity contribution in [3.05, 3.63) is 57.9 Å². The first-order valence-corrected chi connectivity index (χ1v) is 8.64. The number of carbonyl (C=O) groups excluding carboxylic acids is 1. The maximum absolute atomic E-state index is 14.4. The molecule has 0 atom stereocenters. The van der Waals surface area contributed by atoms with Crippen LogP contribution in [0.4, 0.5) is 15.8 Å². The molecule has 1 amide bonds. The van der Waals surface area contributed by atoms with Crippen LogP contribution in [0.3, 0.4) is 0 Å². The van der Waals surface area contributed by atoms with E-state index >= 15 is 0 Å². The number of halogens is 1. The number of benzene rings is 2. The number of nitrogens with zero attached hydrogens (tertiary/aromatic N) is 3. The Kier molecular flexibility index (Phi) is 5.62. The van der Waals surface area contributed by atoms with Gasteiger partial charge in [0.2, 0.25) is 0 Å². The third-order valence-electron chi connectivity index (χ3n) is 4.67. The summed E-state index contributed by atoms with van der Waals surface area (Å²) >= 11 is 0. The molecule has 0 spiro atoms. The topological polar surface area (TPSA) is 85.2 Å². The van der Waals surface area contributed by atoms with E-state index in [0.717, 1.165) is 6.07 Å². The lowest BCUT2D eigenvalue weighted by molar-refractivity contribution is -0.385. The minimum Gasteiger partial charge on any atom is -0.497 e. The van der Waals surface area contributed by atoms with Gasteiger partial charge in [0.1, 0.15) is 5.75 Å². The van der Waals surface area contributed by atoms with Gasteiger partial charge in [-0.25, -0.2) is 4.39 Å². The van der Waals surface area contributed by atoms with Crippen LogP contribution in [-0.2, 0) is 0 Å². The molecule has 28 heavy (non-hydrogen) atoms. The van der Waals surface area contributed by atoms with Gasteiger partial charge in [-0.3, -0.25) is 14.9 Å². The zero-order valence-corrected chi connectivity index (χ0v) is 15.6. The monoisotopic (exact) mass is 389 g/mol. The molecule has 8 nitrogen and oxygen atoms in total. The lowest BCUT2D eigenvalue weighted by atomic mass is 10.1. The third-order valence-corrected chi connectivity index (χ3v) is 4.67. The Morgan fingerprint density at radius 2 is 1.82 bits per heavy atom. The molecule has 1 fully saturated rings. The van der Waals surface area contributed by atoms with E-state index in [1.54, 1.807) is 34.1 Å². The van der Waals surface area contributed by atoms with Crippen LogP contribution in [0.25, 0.3) is 0 Å². The maximum atomic E-state index is 14.4. The number of carbonyl (C=O) groups is 1. The molecule has 0 unspecified atom stereocenters. The minimum absolute atomic E-state index is 0.00344. The summed E-state index contributed by atoms with van der Waals surface area (Å²) in [7, 11) is 2.84. The highest BCUT2D eigenvalue weighted by molar-refractivity contribution is 5.94. The van der Waals surface area contributed by atoms with Crippen molar-refractivity contribution >= 4 is 17.3 Å². The van der Waals surface area contributed by atoms with Crippen LogP contribution in [0.2, 0.25) is 0 Å². The van der Waals surface area contributed by atoms with E-state index < -0.39 is 16.4 Å². The van der Waals surface area contributed by atoms with E-state index in [9.17, 15) is 19.3 Å². The van der Waals surface area contributed by atoms with Gasteiger partial charge in [0.05, 0.1) is 30.9 Å². The molecule has 1 aliphatic rings. The number of anilines is 1. The first kappa shape index (κ1) is 19.4. The standard InChI is InChI=1S/C19H20FN3O5/c1-27-14-5-3-4-13(10-14)19(24)22-8-6-21(7-9-22)16-12-18(28-2)17(23(25)26)11-15(16)20/h3-5,10-12H,6-9H2,1-2H3. The molecule has 0 N–H and O–H groups in total. The summed E-state index contributed by atoms with van der Waals surface area (Å²) in [5.74, 6) is -0.221. The third kappa shape index (κ3) is 3.83. The van der Waals surface area contributed by atoms with Crippen molar-refractivity contribution in [3.63, 3.8) is 0 Å². The van der Waals surface area contributed by atoms with Gasteiger partial charge in [0.15, 0.2) is 11.6 Å². The van der Waals surface area contributed by atoms with Crippen molar-refractivity contribution in [1.29, 1.82) is 0 Å². The van der Waals surface area contributed by atoms with Crippen LogP contribution < -0.4 is 14.4 Å². The van der Waals surface area contributed by atoms with Gasteiger partial charge < -0.3 is 19.3 Å². The molecule has 0 radical (unpaired) electrons. The Balaban J connectivity index is 1.73. The molecule has 1 aliphatic heterocycles. The highest BCUT2D eigenvalue weighted by Gasteiger charge is 2.27. The van der Waals surface area contributed by atoms with Crippen LogP contribution in [0.1, 0.15) is 10.4 Å². The van der Waals surface area contributed by atoms with E-state index in [1.165, 1.54) is 20.3 Å². The number of hydrogen-bond acceptors (Lipinski definition) is 6. The fourth-order valence-electron chi connectivity index (χ4n) is 3.17. The summed E-state index contributed by atoms with van der Waals surface area (Å²) < 4.78 is 24.6. The second-order valence-electron chi connectivity index (χ2n) is 6.24. The fraction of sp³-hybridized carbons (Fsp3) is 0.316. The predicted molar refractivity (Wildman–Crippen MR) is 101 cm³/mol. The zero-order chi connectivity index (χ0) is 20.3. The van der Waals surface area contributed by atoms with Gasteiger partial charge in [-0.1, -0.05) is 6.07 Å². The lowest BCUT2D eigenvalue weighted by Crippen LogP contribution is -2.49. The molecule has 0 saturated carbocycles. The number of nitro benzene ring substituents is 1. The highest BCUT2D eigenvalue weighted by Crippen LogP contribution is 2.34. The van der Waals surface area contributed by atoms with E-state index in [-0.39, 0.29) is 17.3 Å². The van der Waals surface area contributed by atoms with Crippen molar-refractivity contribution < 1.29 is 23.6 Å². The van der Waals surface area contributed by atoms with Crippen molar-refractivity contribution in [2.75, 3.05) is 45.3 Å². The number of hydrogen-bond donors (Lipinski definition) is 0. The highest BCUT2D eigenvalue weighted by atomic mass is 19.1. The smallest absolute Gasteiger partial charge is 0.313 e. The van der Waals surface area contributed by atoms with E-state index in [4.69, 9.17) is 9.47 Å². The zero-order valence-electron chi connectivity index (χ0n) is 15.6. The van der Waals surface area contributed by atoms with Gasteiger partial charge in [0, 0.05) is 37.8 Å². The molecular weight excluding hydrogens is 369 g/mol. The number of nitro groups is 1. The van der Waals surface area contributed by atoms with Crippen molar-refractivity contribution in [3.8, 4) is 11.5 Å². The molecule has 0 bridgehead atoms. The molecule has 2 aromatic rings. The summed E-state index contributed by atoms with van der Waals surface area (Å²) in [6.45, 7) is 1.59. The predicted octanol–water partition coefficient (Wildman–Crippen LogP) is 2.71. The van der Waals surface area contributed by atoms with Crippen LogP contribution in [0, 0.1) is 15.9 Å². The largest absolute Gasteiger partial charge is 0.497 e. The van der Waals surface area contributed by atoms with Crippen LogP contribution in [0.5, 0.6) is 11.5 Å². The SMILES string of the molecule is COc1cccc(C(=O)N2CCN(c3cc(OC)c([N+](=O)[O-])cc3F)CC2)c1. The second kappa shape index (κ2) is 8.12. The molecule has 1 saturated heterocycles. The Bertz CT molecular complexity index is 897. The van der Waals surface area contributed by atoms with Crippen molar-refractivity contribution in [1.82, 2.24) is 4.90 Å². The number of methoxy groups -OCH3 is 2. The van der Waals surface area contributed by atoms with E-state index in [1.807, 2.05) is 0 Å². The Morgan fingerprint density at radius 1 is 1.11 bits per heavy atom. The summed E-state index contributed by atoms with van der Waals surface area (Å²) in [6, 6.07) is 9.10. The maximum Gasteiger partial charge on any atom is 0.313 e. The molecule has 2 aromatic carbocycles. The molecular formula is C19H20FN3O5. The number of amides is 1. The molecule has 148 valence electrons. The Morgan fingerprint density at radius 3 is 2.43 bits per heavy atom. The average Bonchev–Trinajstić information content (AvgIpc) is 2.73. The van der Waals surface area contributed by atoms with E-state index in [2.05, 4.69) is 0 Å². The summed E-state index contributed by atoms with van der Waals surface area (Å²) in [4.78, 5) is 26.4. The summed E-state index contributed by atoms with van der Waals surface area (Å²) in [5.41, 5.74) is 0.322. The van der Waals surface area contributed by atoms with Crippen LogP contribution >= 0.6 is 0 Å². The quantitative estimate of drug-likeness (QED) is 0.577. The first-order valence-electron chi connectivity index (χ1n) is 8.64. The number of ether oxygens (including phenoxy) is 2. The summed E-state index contributed by atoms with van der Waals surface area (Å²) in [5, 5.41) is 11.0. The minimum atomic E-state index is -0.694. The number of piperazine rings is 1. The van der Waals surface area contributed by atoms with Gasteiger partial charge in [-0.05, 0) is 18.2 Å². The molecule has 0 aliphatic carbocycles. The number of rotatable bonds is 5. The van der Waals surface area contributed by atoms with Crippen molar-refractivity contribution in [2.45, 2.75) is 0 Å². The summed E-state index contributed by atoms with van der Waals surface area (Å²) in [6.07, 6.45) is 0. The van der Waals surface area contributed by atoms with Crippen LogP contribution in [0.15, 0.2) is 36.4 Å². The van der Waals surface area contributed by atoms with E-state index in [0.29, 0.717) is 37.5 Å². The van der Waals surface area contributed by atoms with Gasteiger partial charge >= 0.3 is 5.69 Å². The van der Waals surface area contributed by atoms with Gasteiger partial charge in [-0.2, -0.15) is 0 Å². The molecule has 0 aromatic heterocycles. The molecule has 1 heterocycles. The normalized spacial score (nSPS) is 14.0. The van der Waals surface area contributed by atoms with Crippen molar-refractivity contribution in [2.24, 2.45) is 0 Å². The molecule has 9 heteroatoms. The second-order valence-corrected chi connectivity index (χ2v) is 6.24.